The molecule has 6 heteroatoms. The molecule has 0 radical (unpaired) electrons. The fraction of sp³-hybridized carbons (Fsp3) is 0.312. The summed E-state index contributed by atoms with van der Waals surface area (Å²) in [5, 5.41) is 12.0. The van der Waals surface area contributed by atoms with Gasteiger partial charge in [-0.15, -0.1) is 0 Å². The topological polar surface area (TPSA) is 92.7 Å². The van der Waals surface area contributed by atoms with Crippen LogP contribution in [0, 0.1) is 11.8 Å². The molecule has 1 aromatic rings. The van der Waals surface area contributed by atoms with E-state index in [1.54, 1.807) is 36.4 Å². The third-order valence-corrected chi connectivity index (χ3v) is 4.05. The Morgan fingerprint density at radius 3 is 2.18 bits per heavy atom. The van der Waals surface area contributed by atoms with Crippen LogP contribution in [0.25, 0.3) is 0 Å². The van der Waals surface area contributed by atoms with Crippen molar-refractivity contribution < 1.29 is 24.2 Å². The highest BCUT2D eigenvalue weighted by atomic mass is 16.5. The number of aliphatic carboxylic acids is 1. The molecule has 114 valence electrons. The van der Waals surface area contributed by atoms with Gasteiger partial charge in [-0.05, 0) is 31.2 Å². The summed E-state index contributed by atoms with van der Waals surface area (Å²) in [6.45, 7) is 1.46. The monoisotopic (exact) mass is 301 g/mol. The van der Waals surface area contributed by atoms with Gasteiger partial charge in [0, 0.05) is 11.3 Å². The maximum absolute atomic E-state index is 12.4. The van der Waals surface area contributed by atoms with E-state index in [9.17, 15) is 19.5 Å². The zero-order valence-electron chi connectivity index (χ0n) is 11.9. The second kappa shape index (κ2) is 5.38. The first kappa shape index (κ1) is 14.5. The van der Waals surface area contributed by atoms with Crippen LogP contribution >= 0.6 is 0 Å². The number of hydrogen-bond acceptors (Lipinski definition) is 4. The number of carboxylic acids is 1. The lowest BCUT2D eigenvalue weighted by atomic mass is 9.82. The van der Waals surface area contributed by atoms with Gasteiger partial charge in [-0.2, -0.15) is 0 Å². The predicted molar refractivity (Wildman–Crippen MR) is 77.5 cm³/mol. The molecule has 4 atom stereocenters. The Bertz CT molecular complexity index is 664. The average Bonchev–Trinajstić information content (AvgIpc) is 3.08. The summed E-state index contributed by atoms with van der Waals surface area (Å²) in [7, 11) is 0. The van der Waals surface area contributed by atoms with Gasteiger partial charge in [0.05, 0.1) is 18.1 Å². The second-order valence-corrected chi connectivity index (χ2v) is 5.46. The van der Waals surface area contributed by atoms with Crippen molar-refractivity contribution in [2.24, 2.45) is 11.8 Å². The molecule has 22 heavy (non-hydrogen) atoms. The van der Waals surface area contributed by atoms with E-state index in [1.165, 1.54) is 6.92 Å². The Labute approximate surface area is 126 Å². The molecule has 2 heterocycles. The number of carbonyl (C=O) groups excluding carboxylic acids is 2. The summed E-state index contributed by atoms with van der Waals surface area (Å²) < 4.78 is 5.47. The smallest absolute Gasteiger partial charge is 0.310 e. The largest absolute Gasteiger partial charge is 0.481 e. The molecular weight excluding hydrogens is 286 g/mol. The highest BCUT2D eigenvalue weighted by Gasteiger charge is 2.53. The van der Waals surface area contributed by atoms with Gasteiger partial charge in [-0.1, -0.05) is 12.2 Å². The fourth-order valence-corrected chi connectivity index (χ4v) is 2.93. The summed E-state index contributed by atoms with van der Waals surface area (Å²) in [5.74, 6) is -3.11. The van der Waals surface area contributed by atoms with Crippen LogP contribution in [0.15, 0.2) is 36.4 Å². The van der Waals surface area contributed by atoms with Crippen LogP contribution in [-0.4, -0.2) is 35.0 Å². The molecule has 0 aliphatic carbocycles. The summed E-state index contributed by atoms with van der Waals surface area (Å²) in [4.78, 5) is 34.9. The van der Waals surface area contributed by atoms with Crippen molar-refractivity contribution in [2.45, 2.75) is 19.1 Å². The van der Waals surface area contributed by atoms with Crippen molar-refractivity contribution in [3.8, 4) is 0 Å². The first-order valence-corrected chi connectivity index (χ1v) is 6.96. The molecule has 1 fully saturated rings. The third-order valence-electron chi connectivity index (χ3n) is 4.05. The van der Waals surface area contributed by atoms with E-state index < -0.39 is 30.0 Å². The van der Waals surface area contributed by atoms with E-state index >= 15 is 0 Å². The average molecular weight is 301 g/mol. The van der Waals surface area contributed by atoms with Gasteiger partial charge in [-0.25, -0.2) is 0 Å². The van der Waals surface area contributed by atoms with Crippen LogP contribution in [0.4, 0.5) is 5.69 Å². The summed E-state index contributed by atoms with van der Waals surface area (Å²) in [5.41, 5.74) is 1.07. The number of carboxylic acid groups (broad SMARTS) is 1. The molecule has 0 unspecified atom stereocenters. The number of amides is 1. The second-order valence-electron chi connectivity index (χ2n) is 5.46. The lowest BCUT2D eigenvalue weighted by molar-refractivity contribution is -0.145. The Morgan fingerprint density at radius 1 is 1.05 bits per heavy atom. The van der Waals surface area contributed by atoms with Gasteiger partial charge >= 0.3 is 5.97 Å². The number of Topliss-reactive ketones (excluding diaryl/α,β-unsaturated/α-hetero) is 1. The van der Waals surface area contributed by atoms with Gasteiger partial charge in [0.1, 0.15) is 5.92 Å². The van der Waals surface area contributed by atoms with Crippen molar-refractivity contribution in [2.75, 3.05) is 5.32 Å². The lowest BCUT2D eigenvalue weighted by Crippen LogP contribution is -2.39. The number of ketones is 1. The molecular formula is C16H15NO5. The number of benzene rings is 1. The Kier molecular flexibility index (Phi) is 3.54. The summed E-state index contributed by atoms with van der Waals surface area (Å²) in [6, 6.07) is 6.47. The van der Waals surface area contributed by atoms with Gasteiger partial charge in [0.2, 0.25) is 5.91 Å². The number of carbonyl (C=O) groups is 3. The van der Waals surface area contributed by atoms with E-state index in [4.69, 9.17) is 4.74 Å². The van der Waals surface area contributed by atoms with Crippen LogP contribution < -0.4 is 5.32 Å². The maximum atomic E-state index is 12.4. The van der Waals surface area contributed by atoms with Gasteiger partial charge < -0.3 is 15.2 Å². The van der Waals surface area contributed by atoms with Crippen molar-refractivity contribution in [3.63, 3.8) is 0 Å². The molecule has 6 nitrogen and oxygen atoms in total. The number of fused-ring (bicyclic) bond motifs is 2. The number of anilines is 1. The van der Waals surface area contributed by atoms with Crippen LogP contribution in [0.3, 0.4) is 0 Å². The van der Waals surface area contributed by atoms with Crippen molar-refractivity contribution >= 4 is 23.3 Å². The minimum absolute atomic E-state index is 0.0598. The molecule has 3 rings (SSSR count). The molecule has 2 aliphatic heterocycles. The fourth-order valence-electron chi connectivity index (χ4n) is 2.93. The van der Waals surface area contributed by atoms with Crippen LogP contribution in [0.5, 0.6) is 0 Å². The molecule has 2 bridgehead atoms. The van der Waals surface area contributed by atoms with E-state index in [0.29, 0.717) is 11.3 Å². The third kappa shape index (κ3) is 2.42. The van der Waals surface area contributed by atoms with Gasteiger partial charge in [0.15, 0.2) is 5.78 Å². The molecule has 0 aromatic heterocycles. The standard InChI is InChI=1S/C16H15NO5/c1-8(18)9-2-4-10(5-3-9)17-15(19)13-11-6-7-12(22-11)14(13)16(20)21/h2-7,11-14H,1H3,(H,17,19)(H,20,21)/t11-,12-,13+,14-/m0/s1. The van der Waals surface area contributed by atoms with Crippen LogP contribution in [-0.2, 0) is 14.3 Å². The molecule has 1 amide bonds. The molecule has 0 spiro atoms. The van der Waals surface area contributed by atoms with Crippen LogP contribution in [0.2, 0.25) is 0 Å². The molecule has 1 saturated heterocycles. The highest BCUT2D eigenvalue weighted by molar-refractivity contribution is 5.98. The predicted octanol–water partition coefficient (Wildman–Crippen LogP) is 1.48. The summed E-state index contributed by atoms with van der Waals surface area (Å²) in [6.07, 6.45) is 2.38. The molecule has 1 aromatic carbocycles. The Hall–Kier alpha value is -2.47. The lowest BCUT2D eigenvalue weighted by Gasteiger charge is -2.21. The first-order valence-electron chi connectivity index (χ1n) is 6.96. The molecule has 2 N–H and O–H groups in total. The number of ether oxygens (including phenoxy) is 1. The zero-order valence-corrected chi connectivity index (χ0v) is 11.9. The zero-order chi connectivity index (χ0) is 15.9. The van der Waals surface area contributed by atoms with E-state index in [2.05, 4.69) is 5.32 Å². The first-order chi connectivity index (χ1) is 10.5. The van der Waals surface area contributed by atoms with Gasteiger partial charge in [0.25, 0.3) is 0 Å². The van der Waals surface area contributed by atoms with E-state index in [1.807, 2.05) is 0 Å². The summed E-state index contributed by atoms with van der Waals surface area (Å²) >= 11 is 0. The molecule has 0 saturated carbocycles. The Morgan fingerprint density at radius 2 is 1.64 bits per heavy atom. The quantitative estimate of drug-likeness (QED) is 0.649. The minimum Gasteiger partial charge on any atom is -0.481 e. The Balaban J connectivity index is 1.75. The molecule has 2 aliphatic rings. The van der Waals surface area contributed by atoms with Crippen molar-refractivity contribution in [1.82, 2.24) is 0 Å². The SMILES string of the molecule is CC(=O)c1ccc(NC(=O)[C@H]2[C@@H](C(=O)O)[C@@H]3C=C[C@@H]2O3)cc1. The van der Waals surface area contributed by atoms with E-state index in [-0.39, 0.29) is 11.7 Å². The van der Waals surface area contributed by atoms with Gasteiger partial charge in [-0.3, -0.25) is 14.4 Å². The number of hydrogen-bond donors (Lipinski definition) is 2. The number of nitrogens with one attached hydrogen (secondary N) is 1. The highest BCUT2D eigenvalue weighted by Crippen LogP contribution is 2.39. The van der Waals surface area contributed by atoms with Crippen LogP contribution in [0.1, 0.15) is 17.3 Å². The maximum Gasteiger partial charge on any atom is 0.310 e. The number of rotatable bonds is 4. The minimum atomic E-state index is -1.04. The van der Waals surface area contributed by atoms with E-state index in [0.717, 1.165) is 0 Å². The van der Waals surface area contributed by atoms with Crippen molar-refractivity contribution in [3.05, 3.63) is 42.0 Å². The van der Waals surface area contributed by atoms with Crippen molar-refractivity contribution in [1.29, 1.82) is 0 Å². The normalized spacial score (nSPS) is 28.6.